The van der Waals surface area contributed by atoms with Crippen LogP contribution in [0.15, 0.2) is 55.1 Å². The Morgan fingerprint density at radius 1 is 1.05 bits per heavy atom. The molecule has 1 aliphatic carbocycles. The van der Waals surface area contributed by atoms with Crippen molar-refractivity contribution < 1.29 is 14.3 Å². The molecule has 11 nitrogen and oxygen atoms in total. The van der Waals surface area contributed by atoms with E-state index in [0.717, 1.165) is 42.5 Å². The SMILES string of the molecule is CCCOCc1ncc(-c2ccn3nc(NC(=O)[C@H]4C[C@@H](N5CCN(C(=O)c6ccc(Cl)cn6)C[C@@H]5C)C4)cc3c2)cn1. The highest BCUT2D eigenvalue weighted by Crippen LogP contribution is 2.35. The number of hydrogen-bond donors (Lipinski definition) is 1. The first-order valence-electron chi connectivity index (χ1n) is 14.7. The summed E-state index contributed by atoms with van der Waals surface area (Å²) in [7, 11) is 0. The third kappa shape index (κ3) is 6.53. The maximum atomic E-state index is 13.0. The first-order chi connectivity index (χ1) is 20.9. The monoisotopic (exact) mass is 602 g/mol. The molecule has 1 saturated heterocycles. The number of ether oxygens (including phenoxy) is 1. The van der Waals surface area contributed by atoms with Crippen LogP contribution in [0, 0.1) is 5.92 Å². The molecule has 5 heterocycles. The lowest BCUT2D eigenvalue weighted by Crippen LogP contribution is -2.60. The Balaban J connectivity index is 1.00. The van der Waals surface area contributed by atoms with Gasteiger partial charge in [-0.25, -0.2) is 19.5 Å². The van der Waals surface area contributed by atoms with Crippen LogP contribution >= 0.6 is 11.6 Å². The van der Waals surface area contributed by atoms with Gasteiger partial charge in [0.05, 0.1) is 10.5 Å². The van der Waals surface area contributed by atoms with Crippen LogP contribution in [0.3, 0.4) is 0 Å². The first kappa shape index (κ1) is 29.2. The lowest BCUT2D eigenvalue weighted by molar-refractivity contribution is -0.125. The van der Waals surface area contributed by atoms with E-state index in [1.807, 2.05) is 29.3 Å². The van der Waals surface area contributed by atoms with Crippen LogP contribution in [0.5, 0.6) is 0 Å². The lowest BCUT2D eigenvalue weighted by Gasteiger charge is -2.49. The molecule has 2 fully saturated rings. The molecule has 1 atom stereocenters. The van der Waals surface area contributed by atoms with E-state index >= 15 is 0 Å². The Morgan fingerprint density at radius 2 is 1.86 bits per heavy atom. The number of halogens is 1. The number of rotatable bonds is 9. The number of hydrogen-bond acceptors (Lipinski definition) is 8. The van der Waals surface area contributed by atoms with Gasteiger partial charge < -0.3 is 15.0 Å². The fraction of sp³-hybridized carbons (Fsp3) is 0.419. The van der Waals surface area contributed by atoms with Crippen LogP contribution in [0.1, 0.15) is 49.4 Å². The summed E-state index contributed by atoms with van der Waals surface area (Å²) in [5.74, 6) is 1.04. The molecule has 1 aliphatic heterocycles. The molecule has 2 aliphatic rings. The summed E-state index contributed by atoms with van der Waals surface area (Å²) >= 11 is 5.91. The van der Waals surface area contributed by atoms with Crippen molar-refractivity contribution in [2.75, 3.05) is 31.6 Å². The number of carbonyl (C=O) groups excluding carboxylic acids is 2. The summed E-state index contributed by atoms with van der Waals surface area (Å²) in [6.07, 6.45) is 9.50. The Bertz CT molecular complexity index is 1590. The standard InChI is InChI=1S/C31H35ClN8O3/c1-3-10-43-19-29-34-15-23(16-35-29)21-6-7-40-26(11-21)14-28(37-40)36-30(41)22-12-25(13-22)39-9-8-38(18-20(39)2)31(42)27-5-4-24(32)17-33-27/h4-7,11,14-17,20,22,25H,3,8-10,12-13,18-19H2,1-2H3,(H,36,37,41)/t20-,22-,25+/m0/s1. The second kappa shape index (κ2) is 12.7. The van der Waals surface area contributed by atoms with E-state index in [4.69, 9.17) is 16.3 Å². The number of piperazine rings is 1. The second-order valence-electron chi connectivity index (χ2n) is 11.3. The van der Waals surface area contributed by atoms with E-state index in [1.165, 1.54) is 6.20 Å². The molecular formula is C31H35ClN8O3. The van der Waals surface area contributed by atoms with Crippen molar-refractivity contribution in [2.45, 2.75) is 51.8 Å². The van der Waals surface area contributed by atoms with E-state index < -0.39 is 0 Å². The van der Waals surface area contributed by atoms with Crippen molar-refractivity contribution in [1.82, 2.24) is 34.4 Å². The number of fused-ring (bicyclic) bond motifs is 1. The molecule has 0 bridgehead atoms. The summed E-state index contributed by atoms with van der Waals surface area (Å²) in [6, 6.07) is 9.70. The molecule has 0 unspecified atom stereocenters. The van der Waals surface area contributed by atoms with Gasteiger partial charge in [-0.2, -0.15) is 5.10 Å². The number of pyridine rings is 2. The predicted molar refractivity (Wildman–Crippen MR) is 163 cm³/mol. The fourth-order valence-corrected chi connectivity index (χ4v) is 5.90. The number of amides is 2. The summed E-state index contributed by atoms with van der Waals surface area (Å²) in [5.41, 5.74) is 3.14. The Labute approximate surface area is 255 Å². The van der Waals surface area contributed by atoms with E-state index in [-0.39, 0.29) is 23.8 Å². The van der Waals surface area contributed by atoms with Crippen LogP contribution in [-0.2, 0) is 16.1 Å². The minimum Gasteiger partial charge on any atom is -0.373 e. The Kier molecular flexibility index (Phi) is 8.64. The highest BCUT2D eigenvalue weighted by atomic mass is 35.5. The molecule has 1 N–H and O–H groups in total. The van der Waals surface area contributed by atoms with Gasteiger partial charge in [-0.15, -0.1) is 0 Å². The summed E-state index contributed by atoms with van der Waals surface area (Å²) in [5, 5.41) is 8.05. The molecule has 2 amide bonds. The van der Waals surface area contributed by atoms with Crippen molar-refractivity contribution in [3.8, 4) is 11.1 Å². The van der Waals surface area contributed by atoms with Gasteiger partial charge in [0.1, 0.15) is 12.3 Å². The van der Waals surface area contributed by atoms with Crippen LogP contribution in [-0.4, -0.2) is 84.5 Å². The number of anilines is 1. The van der Waals surface area contributed by atoms with Crippen molar-refractivity contribution in [1.29, 1.82) is 0 Å². The van der Waals surface area contributed by atoms with Gasteiger partial charge in [0, 0.05) is 80.7 Å². The highest BCUT2D eigenvalue weighted by Gasteiger charge is 2.41. The average molecular weight is 603 g/mol. The van der Waals surface area contributed by atoms with Crippen molar-refractivity contribution in [2.24, 2.45) is 5.92 Å². The highest BCUT2D eigenvalue weighted by molar-refractivity contribution is 6.30. The molecule has 224 valence electrons. The second-order valence-corrected chi connectivity index (χ2v) is 11.7. The molecule has 4 aromatic rings. The maximum Gasteiger partial charge on any atom is 0.272 e. The Hall–Kier alpha value is -3.93. The molecular weight excluding hydrogens is 568 g/mol. The average Bonchev–Trinajstić information content (AvgIpc) is 3.39. The van der Waals surface area contributed by atoms with Gasteiger partial charge in [0.25, 0.3) is 5.91 Å². The summed E-state index contributed by atoms with van der Waals surface area (Å²) in [6.45, 7) is 7.32. The third-order valence-electron chi connectivity index (χ3n) is 8.20. The molecule has 0 spiro atoms. The third-order valence-corrected chi connectivity index (χ3v) is 8.42. The predicted octanol–water partition coefficient (Wildman–Crippen LogP) is 4.33. The zero-order valence-electron chi connectivity index (χ0n) is 24.3. The molecule has 0 radical (unpaired) electrons. The minimum absolute atomic E-state index is 0.00978. The van der Waals surface area contributed by atoms with Gasteiger partial charge >= 0.3 is 0 Å². The summed E-state index contributed by atoms with van der Waals surface area (Å²) in [4.78, 5) is 43.2. The van der Waals surface area contributed by atoms with E-state index in [0.29, 0.717) is 54.7 Å². The van der Waals surface area contributed by atoms with Crippen LogP contribution in [0.25, 0.3) is 16.6 Å². The van der Waals surface area contributed by atoms with E-state index in [9.17, 15) is 9.59 Å². The normalized spacial score (nSPS) is 20.6. The fourth-order valence-electron chi connectivity index (χ4n) is 5.79. The maximum absolute atomic E-state index is 13.0. The Morgan fingerprint density at radius 3 is 2.58 bits per heavy atom. The summed E-state index contributed by atoms with van der Waals surface area (Å²) < 4.78 is 7.26. The quantitative estimate of drug-likeness (QED) is 0.281. The lowest BCUT2D eigenvalue weighted by atomic mass is 9.78. The molecule has 0 aromatic carbocycles. The van der Waals surface area contributed by atoms with Crippen molar-refractivity contribution in [3.63, 3.8) is 0 Å². The van der Waals surface area contributed by atoms with Crippen LogP contribution < -0.4 is 5.32 Å². The van der Waals surface area contributed by atoms with Gasteiger partial charge in [-0.3, -0.25) is 14.5 Å². The first-order valence-corrected chi connectivity index (χ1v) is 15.1. The zero-order valence-corrected chi connectivity index (χ0v) is 25.1. The van der Waals surface area contributed by atoms with E-state index in [2.05, 4.69) is 44.1 Å². The van der Waals surface area contributed by atoms with E-state index in [1.54, 1.807) is 29.0 Å². The van der Waals surface area contributed by atoms with Crippen molar-refractivity contribution >= 4 is 34.7 Å². The van der Waals surface area contributed by atoms with Crippen LogP contribution in [0.4, 0.5) is 5.82 Å². The smallest absolute Gasteiger partial charge is 0.272 e. The number of aromatic nitrogens is 5. The topological polar surface area (TPSA) is 118 Å². The van der Waals surface area contributed by atoms with Crippen LogP contribution in [0.2, 0.25) is 5.02 Å². The molecule has 6 rings (SSSR count). The number of nitrogens with one attached hydrogen (secondary N) is 1. The van der Waals surface area contributed by atoms with Gasteiger partial charge in [-0.05, 0) is 56.0 Å². The molecule has 43 heavy (non-hydrogen) atoms. The minimum atomic E-state index is -0.0762. The largest absolute Gasteiger partial charge is 0.373 e. The van der Waals surface area contributed by atoms with Gasteiger partial charge in [-0.1, -0.05) is 18.5 Å². The number of nitrogens with zero attached hydrogens (tertiary/aromatic N) is 7. The zero-order chi connectivity index (χ0) is 29.9. The van der Waals surface area contributed by atoms with Gasteiger partial charge in [0.15, 0.2) is 11.6 Å². The molecule has 1 saturated carbocycles. The number of carbonyl (C=O) groups is 2. The molecule has 4 aromatic heterocycles. The van der Waals surface area contributed by atoms with Crippen molar-refractivity contribution in [3.05, 3.63) is 71.7 Å². The van der Waals surface area contributed by atoms with Gasteiger partial charge in [0.2, 0.25) is 5.91 Å². The molecule has 12 heteroatoms.